The van der Waals surface area contributed by atoms with E-state index in [-0.39, 0.29) is 24.6 Å². The molecule has 0 bridgehead atoms. The highest BCUT2D eigenvalue weighted by Gasteiger charge is 2.17. The third-order valence-corrected chi connectivity index (χ3v) is 3.12. The summed E-state index contributed by atoms with van der Waals surface area (Å²) in [4.78, 5) is 12.2. The zero-order valence-electron chi connectivity index (χ0n) is 11.1. The number of carbonyl (C=O) groups excluding carboxylic acids is 1. The number of nitrogens with one attached hydrogen (secondary N) is 1. The van der Waals surface area contributed by atoms with E-state index in [9.17, 15) is 4.79 Å². The minimum Gasteiger partial charge on any atom is -0.396 e. The molecule has 5 heteroatoms. The van der Waals surface area contributed by atoms with Gasteiger partial charge in [-0.1, -0.05) is 18.5 Å². The molecule has 0 spiro atoms. The second-order valence-corrected chi connectivity index (χ2v) is 5.07. The van der Waals surface area contributed by atoms with Gasteiger partial charge in [0, 0.05) is 24.9 Å². The van der Waals surface area contributed by atoms with Gasteiger partial charge < -0.3 is 15.0 Å². The summed E-state index contributed by atoms with van der Waals surface area (Å²) in [5.41, 5.74) is 0.561. The van der Waals surface area contributed by atoms with Crippen molar-refractivity contribution >= 4 is 17.5 Å². The molecular weight excluding hydrogens is 252 g/mol. The van der Waals surface area contributed by atoms with E-state index in [0.717, 1.165) is 6.42 Å². The normalized spacial score (nSPS) is 12.8. The minimum atomic E-state index is -0.143. The monoisotopic (exact) mass is 272 g/mol. The van der Waals surface area contributed by atoms with Crippen molar-refractivity contribution in [1.82, 2.24) is 9.88 Å². The number of aliphatic hydroxyl groups is 1. The SMILES string of the molecule is CCC(CCO)NC(=O)c1cc(Cl)cn1C(C)C. The summed E-state index contributed by atoms with van der Waals surface area (Å²) in [6, 6.07) is 1.84. The lowest BCUT2D eigenvalue weighted by Crippen LogP contribution is -2.36. The third kappa shape index (κ3) is 3.75. The van der Waals surface area contributed by atoms with Gasteiger partial charge in [0.2, 0.25) is 0 Å². The van der Waals surface area contributed by atoms with E-state index < -0.39 is 0 Å². The van der Waals surface area contributed by atoms with Crippen LogP contribution < -0.4 is 5.32 Å². The van der Waals surface area contributed by atoms with Crippen LogP contribution in [-0.4, -0.2) is 28.2 Å². The lowest BCUT2D eigenvalue weighted by molar-refractivity contribution is 0.0918. The molecule has 1 heterocycles. The maximum absolute atomic E-state index is 12.2. The molecule has 1 aromatic rings. The van der Waals surface area contributed by atoms with Gasteiger partial charge in [-0.05, 0) is 32.8 Å². The largest absolute Gasteiger partial charge is 0.396 e. The van der Waals surface area contributed by atoms with Crippen LogP contribution in [0.1, 0.15) is 50.1 Å². The molecule has 1 amide bonds. The summed E-state index contributed by atoms with van der Waals surface area (Å²) in [5.74, 6) is -0.143. The first-order valence-corrected chi connectivity index (χ1v) is 6.66. The second-order valence-electron chi connectivity index (χ2n) is 4.64. The van der Waals surface area contributed by atoms with Gasteiger partial charge in [0.15, 0.2) is 0 Å². The van der Waals surface area contributed by atoms with Gasteiger partial charge in [-0.25, -0.2) is 0 Å². The summed E-state index contributed by atoms with van der Waals surface area (Å²) < 4.78 is 1.85. The van der Waals surface area contributed by atoms with Crippen molar-refractivity contribution in [2.45, 2.75) is 45.7 Å². The first-order valence-electron chi connectivity index (χ1n) is 6.28. The van der Waals surface area contributed by atoms with E-state index in [4.69, 9.17) is 16.7 Å². The minimum absolute atomic E-state index is 0.00297. The molecule has 0 fully saturated rings. The second kappa shape index (κ2) is 6.81. The highest BCUT2D eigenvalue weighted by atomic mass is 35.5. The molecule has 1 unspecified atom stereocenters. The van der Waals surface area contributed by atoms with Crippen molar-refractivity contribution in [3.05, 3.63) is 23.0 Å². The van der Waals surface area contributed by atoms with Gasteiger partial charge in [-0.2, -0.15) is 0 Å². The average Bonchev–Trinajstić information content (AvgIpc) is 2.71. The maximum atomic E-state index is 12.2. The Kier molecular flexibility index (Phi) is 5.69. The van der Waals surface area contributed by atoms with Crippen molar-refractivity contribution in [3.63, 3.8) is 0 Å². The van der Waals surface area contributed by atoms with E-state index in [0.29, 0.717) is 17.1 Å². The fourth-order valence-corrected chi connectivity index (χ4v) is 2.06. The number of rotatable bonds is 6. The standard InChI is InChI=1S/C13H21ClN2O2/c1-4-11(5-6-17)15-13(18)12-7-10(14)8-16(12)9(2)3/h7-9,11,17H,4-6H2,1-3H3,(H,15,18). The van der Waals surface area contributed by atoms with Crippen LogP contribution in [0.25, 0.3) is 0 Å². The van der Waals surface area contributed by atoms with Gasteiger partial charge in [-0.3, -0.25) is 4.79 Å². The Balaban J connectivity index is 2.83. The van der Waals surface area contributed by atoms with Gasteiger partial charge in [0.25, 0.3) is 5.91 Å². The van der Waals surface area contributed by atoms with Crippen molar-refractivity contribution in [2.75, 3.05) is 6.61 Å². The van der Waals surface area contributed by atoms with Crippen molar-refractivity contribution in [2.24, 2.45) is 0 Å². The topological polar surface area (TPSA) is 54.3 Å². The predicted molar refractivity (Wildman–Crippen MR) is 73.1 cm³/mol. The molecule has 0 saturated heterocycles. The molecule has 0 radical (unpaired) electrons. The van der Waals surface area contributed by atoms with Crippen molar-refractivity contribution in [3.8, 4) is 0 Å². The molecule has 102 valence electrons. The average molecular weight is 273 g/mol. The summed E-state index contributed by atoms with van der Waals surface area (Å²) in [6.45, 7) is 6.05. The quantitative estimate of drug-likeness (QED) is 0.836. The number of halogens is 1. The molecule has 18 heavy (non-hydrogen) atoms. The van der Waals surface area contributed by atoms with Gasteiger partial charge in [0.1, 0.15) is 5.69 Å². The zero-order valence-corrected chi connectivity index (χ0v) is 11.9. The summed E-state index contributed by atoms with van der Waals surface area (Å²) >= 11 is 5.94. The Labute approximate surface area is 113 Å². The fraction of sp³-hybridized carbons (Fsp3) is 0.615. The van der Waals surface area contributed by atoms with E-state index in [2.05, 4.69) is 5.32 Å². The first kappa shape index (κ1) is 15.1. The van der Waals surface area contributed by atoms with Crippen LogP contribution in [0.15, 0.2) is 12.3 Å². The van der Waals surface area contributed by atoms with Crippen LogP contribution in [0.5, 0.6) is 0 Å². The molecule has 0 saturated carbocycles. The number of nitrogens with zero attached hydrogens (tertiary/aromatic N) is 1. The van der Waals surface area contributed by atoms with Gasteiger partial charge in [0.05, 0.1) is 5.02 Å². The van der Waals surface area contributed by atoms with Crippen LogP contribution in [-0.2, 0) is 0 Å². The Morgan fingerprint density at radius 1 is 1.56 bits per heavy atom. The number of aliphatic hydroxyl groups excluding tert-OH is 1. The number of amides is 1. The Bertz CT molecular complexity index is 402. The first-order chi connectivity index (χ1) is 8.49. The van der Waals surface area contributed by atoms with E-state index in [1.54, 1.807) is 12.3 Å². The lowest BCUT2D eigenvalue weighted by Gasteiger charge is -2.18. The molecule has 1 rings (SSSR count). The Morgan fingerprint density at radius 3 is 2.72 bits per heavy atom. The van der Waals surface area contributed by atoms with Crippen LogP contribution in [0.3, 0.4) is 0 Å². The molecule has 1 aromatic heterocycles. The van der Waals surface area contributed by atoms with Crippen molar-refractivity contribution in [1.29, 1.82) is 0 Å². The smallest absolute Gasteiger partial charge is 0.268 e. The highest BCUT2D eigenvalue weighted by Crippen LogP contribution is 2.19. The lowest BCUT2D eigenvalue weighted by atomic mass is 10.1. The molecule has 0 aliphatic heterocycles. The van der Waals surface area contributed by atoms with E-state index in [1.807, 2.05) is 25.3 Å². The number of aromatic nitrogens is 1. The predicted octanol–water partition coefficient (Wildman–Crippen LogP) is 2.61. The Hall–Kier alpha value is -1.00. The fourth-order valence-electron chi connectivity index (χ4n) is 1.85. The maximum Gasteiger partial charge on any atom is 0.268 e. The molecular formula is C13H21ClN2O2. The van der Waals surface area contributed by atoms with Crippen LogP contribution in [0.2, 0.25) is 5.02 Å². The van der Waals surface area contributed by atoms with Gasteiger partial charge >= 0.3 is 0 Å². The number of hydrogen-bond donors (Lipinski definition) is 2. The third-order valence-electron chi connectivity index (χ3n) is 2.91. The summed E-state index contributed by atoms with van der Waals surface area (Å²) in [7, 11) is 0. The molecule has 2 N–H and O–H groups in total. The van der Waals surface area contributed by atoms with E-state index in [1.165, 1.54) is 0 Å². The highest BCUT2D eigenvalue weighted by molar-refractivity contribution is 6.31. The summed E-state index contributed by atoms with van der Waals surface area (Å²) in [5, 5.41) is 12.4. The molecule has 0 aliphatic rings. The van der Waals surface area contributed by atoms with Crippen molar-refractivity contribution < 1.29 is 9.90 Å². The number of carbonyl (C=O) groups is 1. The number of hydrogen-bond acceptors (Lipinski definition) is 2. The van der Waals surface area contributed by atoms with Gasteiger partial charge in [-0.15, -0.1) is 0 Å². The van der Waals surface area contributed by atoms with Crippen LogP contribution in [0, 0.1) is 0 Å². The zero-order chi connectivity index (χ0) is 13.7. The van der Waals surface area contributed by atoms with Crippen LogP contribution >= 0.6 is 11.6 Å². The molecule has 0 aliphatic carbocycles. The molecule has 1 atom stereocenters. The molecule has 0 aromatic carbocycles. The Morgan fingerprint density at radius 2 is 2.22 bits per heavy atom. The summed E-state index contributed by atoms with van der Waals surface area (Å²) in [6.07, 6.45) is 3.12. The van der Waals surface area contributed by atoms with Crippen LogP contribution in [0.4, 0.5) is 0 Å². The molecule has 4 nitrogen and oxygen atoms in total. The van der Waals surface area contributed by atoms with E-state index >= 15 is 0 Å².